The van der Waals surface area contributed by atoms with E-state index in [1.807, 2.05) is 38.1 Å². The highest BCUT2D eigenvalue weighted by Crippen LogP contribution is 2.64. The third-order valence-electron chi connectivity index (χ3n) is 9.47. The Kier molecular flexibility index (Phi) is 8.99. The lowest BCUT2D eigenvalue weighted by Crippen LogP contribution is -2.53. The highest BCUT2D eigenvalue weighted by atomic mass is 16.5. The van der Waals surface area contributed by atoms with Crippen LogP contribution in [0.2, 0.25) is 0 Å². The number of benzene rings is 2. The molecule has 0 aromatic heterocycles. The summed E-state index contributed by atoms with van der Waals surface area (Å²) in [6.07, 6.45) is 1.93. The predicted octanol–water partition coefficient (Wildman–Crippen LogP) is 4.05. The van der Waals surface area contributed by atoms with E-state index in [1.54, 1.807) is 24.3 Å². The van der Waals surface area contributed by atoms with Gasteiger partial charge in [-0.3, -0.25) is 14.4 Å². The first kappa shape index (κ1) is 30.8. The number of hydrogen-bond donors (Lipinski definition) is 3. The minimum absolute atomic E-state index is 0.121. The number of carbonyl (C=O) groups excluding carboxylic acids is 3. The van der Waals surface area contributed by atoms with Crippen LogP contribution in [-0.4, -0.2) is 77.8 Å². The smallest absolute Gasteiger partial charge is 0.250 e. The average Bonchev–Trinajstić information content (AvgIpc) is 3.62. The zero-order valence-corrected chi connectivity index (χ0v) is 25.6. The maximum absolute atomic E-state index is 14.2. The number of nitrogens with one attached hydrogen (secondary N) is 2. The van der Waals surface area contributed by atoms with E-state index in [0.717, 1.165) is 18.8 Å². The number of fused-ring (bicyclic) bond motifs is 1. The van der Waals surface area contributed by atoms with Crippen molar-refractivity contribution in [3.63, 3.8) is 0 Å². The normalized spacial score (nSPS) is 27.2. The zero-order valence-electron chi connectivity index (χ0n) is 25.6. The van der Waals surface area contributed by atoms with Crippen molar-refractivity contribution in [3.8, 4) is 5.75 Å². The quantitative estimate of drug-likeness (QED) is 0.321. The molecule has 3 saturated heterocycles. The van der Waals surface area contributed by atoms with Gasteiger partial charge in [0.25, 0.3) is 0 Å². The maximum atomic E-state index is 14.2. The molecular formula is C33H44N4O6. The largest absolute Gasteiger partial charge is 0.494 e. The van der Waals surface area contributed by atoms with Crippen molar-refractivity contribution in [2.24, 2.45) is 11.8 Å². The molecule has 5 rings (SSSR count). The molecule has 0 radical (unpaired) electrons. The molecule has 232 valence electrons. The van der Waals surface area contributed by atoms with Gasteiger partial charge in [-0.25, -0.2) is 0 Å². The average molecular weight is 593 g/mol. The molecule has 3 heterocycles. The number of ether oxygens (including phenoxy) is 2. The summed E-state index contributed by atoms with van der Waals surface area (Å²) in [5.74, 6) is -1.76. The van der Waals surface area contributed by atoms with E-state index in [9.17, 15) is 19.5 Å². The van der Waals surface area contributed by atoms with Gasteiger partial charge in [0.1, 0.15) is 17.4 Å². The van der Waals surface area contributed by atoms with Crippen LogP contribution in [0.15, 0.2) is 48.5 Å². The molecule has 2 bridgehead atoms. The standard InChI is InChI=1S/C33H44N4O6/c1-5-32-18-19-33(43-32)27(26(32)29(39)34-23-12-16-25(17-13-23)42-8-4)31(41)37(20-9-21-38)28(33)30(40)35-22-10-14-24(15-11-22)36(6-2)7-3/h10-17,26-28,38H,5-9,18-21H2,1-4H3,(H,34,39)(H,35,40)/t26-,27-,28?,32+,33?/m0/s1. The van der Waals surface area contributed by atoms with Gasteiger partial charge in [-0.2, -0.15) is 0 Å². The van der Waals surface area contributed by atoms with Gasteiger partial charge in [-0.1, -0.05) is 6.92 Å². The fraction of sp³-hybridized carbons (Fsp3) is 0.545. The summed E-state index contributed by atoms with van der Waals surface area (Å²) in [4.78, 5) is 45.9. The number of hydrogen-bond acceptors (Lipinski definition) is 7. The number of aliphatic hydroxyl groups is 1. The van der Waals surface area contributed by atoms with Crippen molar-refractivity contribution in [2.45, 2.75) is 70.6 Å². The summed E-state index contributed by atoms with van der Waals surface area (Å²) in [6, 6.07) is 13.9. The predicted molar refractivity (Wildman–Crippen MR) is 165 cm³/mol. The van der Waals surface area contributed by atoms with E-state index < -0.39 is 29.1 Å². The molecule has 2 unspecified atom stereocenters. The summed E-state index contributed by atoms with van der Waals surface area (Å²) >= 11 is 0. The summed E-state index contributed by atoms with van der Waals surface area (Å²) < 4.78 is 12.3. The highest BCUT2D eigenvalue weighted by Gasteiger charge is 2.78. The molecule has 3 aliphatic rings. The van der Waals surface area contributed by atoms with Crippen LogP contribution >= 0.6 is 0 Å². The number of likely N-dealkylation sites (tertiary alicyclic amines) is 1. The molecular weight excluding hydrogens is 548 g/mol. The van der Waals surface area contributed by atoms with E-state index in [-0.39, 0.29) is 30.9 Å². The first-order chi connectivity index (χ1) is 20.8. The van der Waals surface area contributed by atoms with Gasteiger partial charge in [0.2, 0.25) is 17.7 Å². The molecule has 1 spiro atoms. The third kappa shape index (κ3) is 5.35. The van der Waals surface area contributed by atoms with Crippen molar-refractivity contribution in [1.82, 2.24) is 4.90 Å². The molecule has 0 aliphatic carbocycles. The van der Waals surface area contributed by atoms with E-state index in [2.05, 4.69) is 29.4 Å². The van der Waals surface area contributed by atoms with Crippen molar-refractivity contribution in [1.29, 1.82) is 0 Å². The zero-order chi connectivity index (χ0) is 30.8. The van der Waals surface area contributed by atoms with Crippen LogP contribution in [0.5, 0.6) is 5.75 Å². The first-order valence-corrected chi connectivity index (χ1v) is 15.6. The van der Waals surface area contributed by atoms with Gasteiger partial charge in [0.05, 0.1) is 24.0 Å². The van der Waals surface area contributed by atoms with Crippen molar-refractivity contribution < 1.29 is 29.0 Å². The van der Waals surface area contributed by atoms with E-state index in [0.29, 0.717) is 49.4 Å². The van der Waals surface area contributed by atoms with Gasteiger partial charge < -0.3 is 35.0 Å². The van der Waals surface area contributed by atoms with Gasteiger partial charge in [-0.05, 0) is 95.0 Å². The lowest BCUT2D eigenvalue weighted by molar-refractivity contribution is -0.144. The van der Waals surface area contributed by atoms with E-state index >= 15 is 0 Å². The Hall–Kier alpha value is -3.63. The lowest BCUT2D eigenvalue weighted by atomic mass is 9.65. The Bertz CT molecular complexity index is 1310. The minimum Gasteiger partial charge on any atom is -0.494 e. The summed E-state index contributed by atoms with van der Waals surface area (Å²) in [6.45, 7) is 10.4. The molecule has 2 aromatic rings. The highest BCUT2D eigenvalue weighted by molar-refractivity contribution is 6.05. The number of aliphatic hydroxyl groups excluding tert-OH is 1. The van der Waals surface area contributed by atoms with Gasteiger partial charge in [0.15, 0.2) is 0 Å². The van der Waals surface area contributed by atoms with E-state index in [1.165, 1.54) is 4.90 Å². The number of rotatable bonds is 13. The Balaban J connectivity index is 1.43. The van der Waals surface area contributed by atoms with Crippen molar-refractivity contribution >= 4 is 34.8 Å². The number of nitrogens with zero attached hydrogens (tertiary/aromatic N) is 2. The molecule has 3 aliphatic heterocycles. The molecule has 2 aromatic carbocycles. The van der Waals surface area contributed by atoms with Gasteiger partial charge >= 0.3 is 0 Å². The Morgan fingerprint density at radius 2 is 1.60 bits per heavy atom. The molecule has 0 saturated carbocycles. The van der Waals surface area contributed by atoms with Crippen LogP contribution in [0.4, 0.5) is 17.1 Å². The maximum Gasteiger partial charge on any atom is 0.250 e. The van der Waals surface area contributed by atoms with Crippen LogP contribution in [0.1, 0.15) is 53.4 Å². The second-order valence-corrected chi connectivity index (χ2v) is 11.6. The molecule has 3 amide bonds. The van der Waals surface area contributed by atoms with Gasteiger partial charge in [0, 0.05) is 43.3 Å². The second kappa shape index (κ2) is 12.5. The second-order valence-electron chi connectivity index (χ2n) is 11.6. The number of carbonyl (C=O) groups is 3. The van der Waals surface area contributed by atoms with E-state index in [4.69, 9.17) is 9.47 Å². The number of amides is 3. The van der Waals surface area contributed by atoms with Crippen molar-refractivity contribution in [2.75, 3.05) is 48.4 Å². The van der Waals surface area contributed by atoms with Crippen LogP contribution in [0.25, 0.3) is 0 Å². The van der Waals surface area contributed by atoms with Crippen LogP contribution in [0.3, 0.4) is 0 Å². The molecule has 3 N–H and O–H groups in total. The monoisotopic (exact) mass is 592 g/mol. The Morgan fingerprint density at radius 3 is 2.19 bits per heavy atom. The minimum atomic E-state index is -1.13. The lowest BCUT2D eigenvalue weighted by Gasteiger charge is -2.34. The van der Waals surface area contributed by atoms with Crippen LogP contribution in [0, 0.1) is 11.8 Å². The molecule has 10 heteroatoms. The Labute approximate surface area is 253 Å². The van der Waals surface area contributed by atoms with Crippen molar-refractivity contribution in [3.05, 3.63) is 48.5 Å². The summed E-state index contributed by atoms with van der Waals surface area (Å²) in [5.41, 5.74) is 0.308. The van der Waals surface area contributed by atoms with Crippen LogP contribution < -0.4 is 20.3 Å². The fourth-order valence-corrected chi connectivity index (χ4v) is 7.47. The summed E-state index contributed by atoms with van der Waals surface area (Å²) in [5, 5.41) is 15.6. The molecule has 10 nitrogen and oxygen atoms in total. The Morgan fingerprint density at radius 1 is 0.977 bits per heavy atom. The molecule has 43 heavy (non-hydrogen) atoms. The SMILES string of the molecule is CCOc1ccc(NC(=O)[C@@H]2[C@H]3C(=O)N(CCCO)C(C(=O)Nc4ccc(N(CC)CC)cc4)C34CC[C@@]2(CC)O4)cc1. The summed E-state index contributed by atoms with van der Waals surface area (Å²) in [7, 11) is 0. The topological polar surface area (TPSA) is 120 Å². The van der Waals surface area contributed by atoms with Crippen LogP contribution in [-0.2, 0) is 19.1 Å². The van der Waals surface area contributed by atoms with Gasteiger partial charge in [-0.15, -0.1) is 0 Å². The fourth-order valence-electron chi connectivity index (χ4n) is 7.47. The first-order valence-electron chi connectivity index (χ1n) is 15.6. The number of anilines is 3. The molecule has 5 atom stereocenters. The third-order valence-corrected chi connectivity index (χ3v) is 9.47. The molecule has 3 fully saturated rings.